The van der Waals surface area contributed by atoms with Crippen LogP contribution in [0.15, 0.2) is 125 Å². The fourth-order valence-corrected chi connectivity index (χ4v) is 5.99. The molecule has 0 atom stereocenters. The summed E-state index contributed by atoms with van der Waals surface area (Å²) in [5, 5.41) is 2.22. The van der Waals surface area contributed by atoms with Gasteiger partial charge in [-0.3, -0.25) is 4.98 Å². The lowest BCUT2D eigenvalue weighted by molar-refractivity contribution is 1.04. The molecule has 0 fully saturated rings. The number of hydrogen-bond donors (Lipinski definition) is 1. The predicted molar refractivity (Wildman–Crippen MR) is 170 cm³/mol. The third kappa shape index (κ3) is 4.57. The van der Waals surface area contributed by atoms with Crippen LogP contribution in [0.25, 0.3) is 23.3 Å². The molecule has 0 saturated carbocycles. The second kappa shape index (κ2) is 10.5. The number of hydrogen-bond acceptors (Lipinski definition) is 3. The third-order valence-corrected chi connectivity index (χ3v) is 7.84. The van der Waals surface area contributed by atoms with Crippen LogP contribution in [-0.4, -0.2) is 21.4 Å². The monoisotopic (exact) mass is 530 g/mol. The van der Waals surface area contributed by atoms with E-state index in [-0.39, 0.29) is 0 Å². The number of aliphatic imine (C=N–C) groups is 2. The summed E-state index contributed by atoms with van der Waals surface area (Å²) >= 11 is 0. The zero-order valence-corrected chi connectivity index (χ0v) is 23.2. The number of pyridine rings is 1. The normalized spacial score (nSPS) is 15.6. The second-order valence-electron chi connectivity index (χ2n) is 10.3. The first kappa shape index (κ1) is 24.9. The van der Waals surface area contributed by atoms with Gasteiger partial charge in [-0.05, 0) is 89.2 Å². The van der Waals surface area contributed by atoms with Crippen molar-refractivity contribution in [2.45, 2.75) is 26.7 Å². The van der Waals surface area contributed by atoms with Crippen LogP contribution in [-0.2, 0) is 12.8 Å². The topological polar surface area (TPSA) is 53.4 Å². The summed E-state index contributed by atoms with van der Waals surface area (Å²) in [6.07, 6.45) is 16.6. The molecule has 4 aromatic rings. The average Bonchev–Trinajstić information content (AvgIpc) is 3.74. The summed E-state index contributed by atoms with van der Waals surface area (Å²) < 4.78 is 0. The van der Waals surface area contributed by atoms with Crippen LogP contribution < -0.4 is 10.7 Å². The number of fused-ring (bicyclic) bond motifs is 6. The van der Waals surface area contributed by atoms with Crippen molar-refractivity contribution >= 4 is 34.7 Å². The van der Waals surface area contributed by atoms with Crippen molar-refractivity contribution in [1.29, 1.82) is 0 Å². The van der Waals surface area contributed by atoms with Crippen molar-refractivity contribution in [3.05, 3.63) is 159 Å². The van der Waals surface area contributed by atoms with Crippen molar-refractivity contribution in [2.75, 3.05) is 0 Å². The van der Waals surface area contributed by atoms with Gasteiger partial charge < -0.3 is 4.98 Å². The first-order valence-corrected chi connectivity index (χ1v) is 14.2. The lowest BCUT2D eigenvalue weighted by Gasteiger charge is -2.14. The Kier molecular flexibility index (Phi) is 6.36. The van der Waals surface area contributed by atoms with Crippen molar-refractivity contribution in [2.24, 2.45) is 9.98 Å². The lowest BCUT2D eigenvalue weighted by atomic mass is 9.93. The number of nitrogens with zero attached hydrogens (tertiary/aromatic N) is 3. The molecular weight excluding hydrogens is 500 g/mol. The minimum Gasteiger partial charge on any atom is -0.355 e. The van der Waals surface area contributed by atoms with E-state index in [0.717, 1.165) is 79.9 Å². The molecule has 7 rings (SSSR count). The maximum atomic E-state index is 5.14. The van der Waals surface area contributed by atoms with Crippen molar-refractivity contribution in [3.63, 3.8) is 0 Å². The molecule has 3 aliphatic rings. The molecule has 0 radical (unpaired) electrons. The second-order valence-corrected chi connectivity index (χ2v) is 10.3. The predicted octanol–water partition coefficient (Wildman–Crippen LogP) is 6.35. The summed E-state index contributed by atoms with van der Waals surface area (Å²) in [6, 6.07) is 25.2. The fraction of sp³-hybridized carbons (Fsp3) is 0.108. The minimum absolute atomic E-state index is 0.877. The van der Waals surface area contributed by atoms with Crippen LogP contribution in [0, 0.1) is 0 Å². The van der Waals surface area contributed by atoms with E-state index in [2.05, 4.69) is 116 Å². The van der Waals surface area contributed by atoms with Crippen LogP contribution in [0.4, 0.5) is 0 Å². The Labute approximate surface area is 240 Å². The smallest absolute Gasteiger partial charge is 0.0737 e. The van der Waals surface area contributed by atoms with Gasteiger partial charge in [-0.2, -0.15) is 0 Å². The molecule has 4 nitrogen and oxygen atoms in total. The van der Waals surface area contributed by atoms with Gasteiger partial charge in [-0.1, -0.05) is 74.5 Å². The Hall–Kier alpha value is -5.09. The zero-order valence-electron chi connectivity index (χ0n) is 23.2. The van der Waals surface area contributed by atoms with Crippen molar-refractivity contribution in [1.82, 2.24) is 9.97 Å². The Morgan fingerprint density at radius 3 is 1.68 bits per heavy atom. The summed E-state index contributed by atoms with van der Waals surface area (Å²) in [5.41, 5.74) is 12.6. The molecular formula is C37H30N4. The Balaban J connectivity index is 1.59. The number of aromatic nitrogens is 2. The van der Waals surface area contributed by atoms with Crippen molar-refractivity contribution < 1.29 is 0 Å². The SMILES string of the molecule is CCc1c(CC)c2[nH]c1=CC1=NC(=C(c3ccccc3)c3ccnc(c3)C(c3ccccc3)=C3C=CC(=N3)C=2)C=C1. The largest absolute Gasteiger partial charge is 0.355 e. The number of allylic oxidation sites excluding steroid dienone is 4. The molecule has 1 N–H and O–H groups in total. The molecule has 0 saturated heterocycles. The summed E-state index contributed by atoms with van der Waals surface area (Å²) in [6.45, 7) is 4.44. The molecule has 2 aromatic heterocycles. The number of nitrogens with one attached hydrogen (secondary N) is 1. The number of aromatic amines is 1. The van der Waals surface area contributed by atoms with Crippen LogP contribution >= 0.6 is 0 Å². The van der Waals surface area contributed by atoms with Crippen LogP contribution in [0.5, 0.6) is 0 Å². The summed E-state index contributed by atoms with van der Waals surface area (Å²) in [4.78, 5) is 18.9. The molecule has 3 aliphatic heterocycles. The van der Waals surface area contributed by atoms with Gasteiger partial charge >= 0.3 is 0 Å². The van der Waals surface area contributed by atoms with Crippen LogP contribution in [0.1, 0.15) is 47.4 Å². The highest BCUT2D eigenvalue weighted by Gasteiger charge is 2.19. The van der Waals surface area contributed by atoms with Crippen LogP contribution in [0.2, 0.25) is 0 Å². The first-order chi connectivity index (χ1) is 20.2. The number of H-pyrrole nitrogens is 1. The van der Waals surface area contributed by atoms with E-state index in [1.165, 1.54) is 11.1 Å². The molecule has 198 valence electrons. The molecule has 5 heterocycles. The van der Waals surface area contributed by atoms with Gasteiger partial charge in [0.05, 0.1) is 28.5 Å². The van der Waals surface area contributed by atoms with Gasteiger partial charge in [-0.15, -0.1) is 0 Å². The summed E-state index contributed by atoms with van der Waals surface area (Å²) in [7, 11) is 0. The van der Waals surface area contributed by atoms with E-state index in [4.69, 9.17) is 15.0 Å². The average molecular weight is 531 g/mol. The molecule has 2 aromatic carbocycles. The van der Waals surface area contributed by atoms with Gasteiger partial charge in [0.2, 0.25) is 0 Å². The number of benzene rings is 2. The van der Waals surface area contributed by atoms with E-state index < -0.39 is 0 Å². The zero-order chi connectivity index (χ0) is 27.8. The molecule has 0 amide bonds. The Bertz CT molecular complexity index is 1840. The van der Waals surface area contributed by atoms with Gasteiger partial charge in [0.15, 0.2) is 0 Å². The van der Waals surface area contributed by atoms with Gasteiger partial charge in [0.25, 0.3) is 0 Å². The molecule has 41 heavy (non-hydrogen) atoms. The molecule has 8 bridgehead atoms. The first-order valence-electron chi connectivity index (χ1n) is 14.2. The lowest BCUT2D eigenvalue weighted by Crippen LogP contribution is -2.14. The Morgan fingerprint density at radius 1 is 0.585 bits per heavy atom. The minimum atomic E-state index is 0.877. The van der Waals surface area contributed by atoms with E-state index in [9.17, 15) is 0 Å². The molecule has 4 heteroatoms. The number of rotatable bonds is 4. The van der Waals surface area contributed by atoms with Gasteiger partial charge in [0.1, 0.15) is 0 Å². The fourth-order valence-electron chi connectivity index (χ4n) is 5.99. The highest BCUT2D eigenvalue weighted by atomic mass is 14.8. The van der Waals surface area contributed by atoms with Crippen LogP contribution in [0.3, 0.4) is 0 Å². The summed E-state index contributed by atoms with van der Waals surface area (Å²) in [5.74, 6) is 0. The van der Waals surface area contributed by atoms with E-state index in [1.54, 1.807) is 0 Å². The highest BCUT2D eigenvalue weighted by Crippen LogP contribution is 2.34. The van der Waals surface area contributed by atoms with Crippen molar-refractivity contribution in [3.8, 4) is 0 Å². The molecule has 0 spiro atoms. The maximum Gasteiger partial charge on any atom is 0.0737 e. The van der Waals surface area contributed by atoms with E-state index in [1.807, 2.05) is 18.3 Å². The maximum absolute atomic E-state index is 5.14. The third-order valence-electron chi connectivity index (χ3n) is 7.84. The molecule has 0 unspecified atom stereocenters. The van der Waals surface area contributed by atoms with E-state index in [0.29, 0.717) is 0 Å². The Morgan fingerprint density at radius 2 is 1.12 bits per heavy atom. The van der Waals surface area contributed by atoms with Gasteiger partial charge in [-0.25, -0.2) is 9.98 Å². The van der Waals surface area contributed by atoms with E-state index >= 15 is 0 Å². The quantitative estimate of drug-likeness (QED) is 0.328. The molecule has 0 aliphatic carbocycles. The standard InChI is InChI=1S/C37H30N4/c1-3-29-30(4-2)34-23-28-16-18-32(40-28)37(25-13-9-6-10-14-25)35-21-26(19-20-38-35)36(24-11-7-5-8-12-24)31-17-15-27(39-31)22-33(29)41-34/h5-23,41H,3-4H2,1-2H3. The highest BCUT2D eigenvalue weighted by molar-refractivity contribution is 6.21. The van der Waals surface area contributed by atoms with Gasteiger partial charge in [0, 0.05) is 28.0 Å².